The van der Waals surface area contributed by atoms with Gasteiger partial charge < -0.3 is 28.8 Å². The van der Waals surface area contributed by atoms with Gasteiger partial charge in [-0.1, -0.05) is 152 Å². The van der Waals surface area contributed by atoms with Crippen LogP contribution >= 0.6 is 0 Å². The van der Waals surface area contributed by atoms with Crippen LogP contribution in [0.15, 0.2) is 152 Å². The van der Waals surface area contributed by atoms with Gasteiger partial charge in [0.1, 0.15) is 24.4 Å². The Balaban J connectivity index is 1.40. The minimum absolute atomic E-state index is 0.0514. The van der Waals surface area contributed by atoms with E-state index in [0.717, 1.165) is 27.8 Å². The van der Waals surface area contributed by atoms with E-state index in [1.807, 2.05) is 152 Å². The number of aliphatic hydroxyl groups is 1. The van der Waals surface area contributed by atoms with E-state index in [2.05, 4.69) is 0 Å². The molecule has 5 aromatic carbocycles. The smallest absolute Gasteiger partial charge is 0.115 e. The number of aliphatic hydroxyl groups excluding tert-OH is 1. The summed E-state index contributed by atoms with van der Waals surface area (Å²) in [5, 5.41) is 11.7. The van der Waals surface area contributed by atoms with Gasteiger partial charge in [0.2, 0.25) is 0 Å². The maximum Gasteiger partial charge on any atom is 0.115 e. The topological polar surface area (TPSA) is 66.4 Å². The van der Waals surface area contributed by atoms with E-state index in [9.17, 15) is 5.11 Å². The van der Waals surface area contributed by atoms with Crippen molar-refractivity contribution in [1.29, 1.82) is 0 Å². The van der Waals surface area contributed by atoms with Gasteiger partial charge >= 0.3 is 0 Å². The molecule has 4 atom stereocenters. The van der Waals surface area contributed by atoms with Crippen molar-refractivity contribution in [3.05, 3.63) is 179 Å². The number of benzene rings is 5. The summed E-state index contributed by atoms with van der Waals surface area (Å²) in [6.07, 6.45) is -3.09. The Hall–Kier alpha value is -4.14. The molecule has 0 amide bonds. The summed E-state index contributed by atoms with van der Waals surface area (Å²) < 4.78 is 32.1. The van der Waals surface area contributed by atoms with Crippen molar-refractivity contribution < 1.29 is 28.8 Å². The lowest BCUT2D eigenvalue weighted by Gasteiger charge is -2.36. The van der Waals surface area contributed by atoms with Gasteiger partial charge in [-0.3, -0.25) is 0 Å². The zero-order chi connectivity index (χ0) is 32.4. The number of ether oxygens (including phenoxy) is 5. The predicted molar refractivity (Wildman–Crippen MR) is 183 cm³/mol. The summed E-state index contributed by atoms with van der Waals surface area (Å²) >= 11 is 0. The molecule has 6 nitrogen and oxygen atoms in total. The SMILES string of the molecule is O[C@H](COCc1ccccc1)[C@@H](OCc1ccccc1)[C@H](OCc1ccccc1)[C@@H](COCc1ccccc1)OCc1ccccc1. The fourth-order valence-corrected chi connectivity index (χ4v) is 5.22. The number of hydrogen-bond acceptors (Lipinski definition) is 6. The van der Waals surface area contributed by atoms with Crippen molar-refractivity contribution >= 4 is 0 Å². The third-order valence-electron chi connectivity index (χ3n) is 7.74. The second-order valence-corrected chi connectivity index (χ2v) is 11.4. The Labute approximate surface area is 278 Å². The Kier molecular flexibility index (Phi) is 14.2. The van der Waals surface area contributed by atoms with Crippen LogP contribution in [0.25, 0.3) is 0 Å². The van der Waals surface area contributed by atoms with Gasteiger partial charge in [0.25, 0.3) is 0 Å². The molecule has 5 aromatic rings. The minimum atomic E-state index is -1.01. The molecule has 0 aliphatic carbocycles. The summed E-state index contributed by atoms with van der Waals surface area (Å²) in [6, 6.07) is 49.8. The molecule has 5 rings (SSSR count). The summed E-state index contributed by atoms with van der Waals surface area (Å²) in [5.41, 5.74) is 5.09. The van der Waals surface area contributed by atoms with Crippen molar-refractivity contribution in [3.8, 4) is 0 Å². The largest absolute Gasteiger partial charge is 0.388 e. The highest BCUT2D eigenvalue weighted by Gasteiger charge is 2.37. The molecular weight excluding hydrogens is 588 g/mol. The molecule has 1 N–H and O–H groups in total. The van der Waals surface area contributed by atoms with Crippen LogP contribution in [0.2, 0.25) is 0 Å². The molecule has 244 valence electrons. The van der Waals surface area contributed by atoms with Gasteiger partial charge in [0.15, 0.2) is 0 Å². The lowest BCUT2D eigenvalue weighted by Crippen LogP contribution is -2.51. The molecular formula is C41H44O6. The average Bonchev–Trinajstić information content (AvgIpc) is 3.13. The van der Waals surface area contributed by atoms with Crippen LogP contribution in [0.1, 0.15) is 27.8 Å². The standard InChI is InChI=1S/C41H44O6/c42-38(31-43-26-33-16-6-1-7-17-33)40(46-29-36-22-12-4-13-23-36)41(47-30-37-24-14-5-15-25-37)39(45-28-35-20-10-3-11-21-35)32-44-27-34-18-8-2-9-19-34/h1-25,38-42H,26-32H2/t38-,39-,40-,41-/m1/s1. The third kappa shape index (κ3) is 11.9. The lowest BCUT2D eigenvalue weighted by molar-refractivity contribution is -0.197. The van der Waals surface area contributed by atoms with Crippen LogP contribution in [-0.4, -0.2) is 42.7 Å². The Morgan fingerprint density at radius 1 is 0.362 bits per heavy atom. The second-order valence-electron chi connectivity index (χ2n) is 11.4. The fourth-order valence-electron chi connectivity index (χ4n) is 5.22. The summed E-state index contributed by atoms with van der Waals surface area (Å²) in [6.45, 7) is 1.99. The van der Waals surface area contributed by atoms with Crippen molar-refractivity contribution in [2.45, 2.75) is 57.5 Å². The van der Waals surface area contributed by atoms with Gasteiger partial charge in [-0.05, 0) is 27.8 Å². The second kappa shape index (κ2) is 19.5. The highest BCUT2D eigenvalue weighted by Crippen LogP contribution is 2.22. The van der Waals surface area contributed by atoms with E-state index in [0.29, 0.717) is 26.4 Å². The van der Waals surface area contributed by atoms with Gasteiger partial charge in [-0.15, -0.1) is 0 Å². The number of rotatable bonds is 20. The Morgan fingerprint density at radius 3 is 1.09 bits per heavy atom. The molecule has 6 heteroatoms. The van der Waals surface area contributed by atoms with Crippen LogP contribution in [0.3, 0.4) is 0 Å². The lowest BCUT2D eigenvalue weighted by atomic mass is 10.0. The Morgan fingerprint density at radius 2 is 0.681 bits per heavy atom. The predicted octanol–water partition coefficient (Wildman–Crippen LogP) is 7.54. The van der Waals surface area contributed by atoms with Crippen LogP contribution in [0.4, 0.5) is 0 Å². The zero-order valence-electron chi connectivity index (χ0n) is 26.7. The molecule has 0 heterocycles. The van der Waals surface area contributed by atoms with Crippen molar-refractivity contribution in [1.82, 2.24) is 0 Å². The molecule has 0 radical (unpaired) electrons. The van der Waals surface area contributed by atoms with Crippen LogP contribution in [0, 0.1) is 0 Å². The molecule has 0 aromatic heterocycles. The van der Waals surface area contributed by atoms with Crippen LogP contribution in [0.5, 0.6) is 0 Å². The maximum absolute atomic E-state index is 11.7. The van der Waals surface area contributed by atoms with E-state index in [4.69, 9.17) is 23.7 Å². The first-order valence-corrected chi connectivity index (χ1v) is 16.1. The molecule has 0 bridgehead atoms. The molecule has 0 saturated carbocycles. The van der Waals surface area contributed by atoms with E-state index < -0.39 is 24.4 Å². The molecule has 0 saturated heterocycles. The van der Waals surface area contributed by atoms with Crippen molar-refractivity contribution in [2.24, 2.45) is 0 Å². The van der Waals surface area contributed by atoms with Gasteiger partial charge in [0, 0.05) is 0 Å². The fraction of sp³-hybridized carbons (Fsp3) is 0.268. The van der Waals surface area contributed by atoms with Gasteiger partial charge in [-0.25, -0.2) is 0 Å². The van der Waals surface area contributed by atoms with E-state index in [1.54, 1.807) is 0 Å². The highest BCUT2D eigenvalue weighted by molar-refractivity contribution is 5.17. The van der Waals surface area contributed by atoms with E-state index in [-0.39, 0.29) is 19.8 Å². The molecule has 0 fully saturated rings. The third-order valence-corrected chi connectivity index (χ3v) is 7.74. The normalized spacial score (nSPS) is 13.9. The van der Waals surface area contributed by atoms with Gasteiger partial charge in [-0.2, -0.15) is 0 Å². The Bertz CT molecular complexity index is 1500. The molecule has 0 aliphatic rings. The summed E-state index contributed by atoms with van der Waals surface area (Å²) in [5.74, 6) is 0. The van der Waals surface area contributed by atoms with E-state index in [1.165, 1.54) is 0 Å². The molecule has 0 unspecified atom stereocenters. The van der Waals surface area contributed by atoms with Crippen molar-refractivity contribution in [2.75, 3.05) is 13.2 Å². The maximum atomic E-state index is 11.7. The molecule has 0 spiro atoms. The zero-order valence-corrected chi connectivity index (χ0v) is 26.7. The van der Waals surface area contributed by atoms with Crippen LogP contribution < -0.4 is 0 Å². The minimum Gasteiger partial charge on any atom is -0.388 e. The monoisotopic (exact) mass is 632 g/mol. The first-order chi connectivity index (χ1) is 23.2. The molecule has 47 heavy (non-hydrogen) atoms. The number of hydrogen-bond donors (Lipinski definition) is 1. The average molecular weight is 633 g/mol. The van der Waals surface area contributed by atoms with Crippen molar-refractivity contribution in [3.63, 3.8) is 0 Å². The quantitative estimate of drug-likeness (QED) is 0.0957. The first kappa shape index (κ1) is 34.2. The van der Waals surface area contributed by atoms with Crippen LogP contribution in [-0.2, 0) is 56.7 Å². The molecule has 0 aliphatic heterocycles. The van der Waals surface area contributed by atoms with Gasteiger partial charge in [0.05, 0.1) is 46.2 Å². The highest BCUT2D eigenvalue weighted by atomic mass is 16.6. The summed E-state index contributed by atoms with van der Waals surface area (Å²) in [4.78, 5) is 0. The summed E-state index contributed by atoms with van der Waals surface area (Å²) in [7, 11) is 0. The first-order valence-electron chi connectivity index (χ1n) is 16.1. The van der Waals surface area contributed by atoms with E-state index >= 15 is 0 Å².